The van der Waals surface area contributed by atoms with E-state index in [1.807, 2.05) is 0 Å². The third kappa shape index (κ3) is 2.52. The number of nitrogens with two attached hydrogens (primary N) is 1. The van der Waals surface area contributed by atoms with E-state index in [1.54, 1.807) is 0 Å². The Balaban J connectivity index is 2.61. The van der Waals surface area contributed by atoms with Gasteiger partial charge in [0.2, 0.25) is 5.95 Å². The second-order valence-corrected chi connectivity index (χ2v) is 3.78. The van der Waals surface area contributed by atoms with E-state index in [0.29, 0.717) is 11.1 Å². The van der Waals surface area contributed by atoms with E-state index >= 15 is 0 Å². The number of esters is 1. The summed E-state index contributed by atoms with van der Waals surface area (Å²) in [5, 5.41) is 0. The summed E-state index contributed by atoms with van der Waals surface area (Å²) in [6.45, 7) is 0. The van der Waals surface area contributed by atoms with Crippen molar-refractivity contribution >= 4 is 11.7 Å². The van der Waals surface area contributed by atoms with Crippen LogP contribution in [-0.4, -0.2) is 18.1 Å². The average Bonchev–Trinajstić information content (AvgIpc) is 2.38. The molecule has 1 aromatic carbocycles. The summed E-state index contributed by atoms with van der Waals surface area (Å²) in [4.78, 5) is 14.8. The number of ether oxygens (including phenoxy) is 1. The second kappa shape index (κ2) is 5.01. The second-order valence-electron chi connectivity index (χ2n) is 3.78. The van der Waals surface area contributed by atoms with Crippen LogP contribution in [0.2, 0.25) is 0 Å². The van der Waals surface area contributed by atoms with Crippen molar-refractivity contribution in [3.05, 3.63) is 47.8 Å². The first-order valence-corrected chi connectivity index (χ1v) is 5.32. The van der Waals surface area contributed by atoms with E-state index in [2.05, 4.69) is 9.72 Å². The number of nitrogen functional groups attached to an aromatic ring is 1. The predicted molar refractivity (Wildman–Crippen MR) is 65.3 cm³/mol. The van der Waals surface area contributed by atoms with Gasteiger partial charge in [0.1, 0.15) is 5.82 Å². The van der Waals surface area contributed by atoms with E-state index in [9.17, 15) is 13.6 Å². The van der Waals surface area contributed by atoms with E-state index in [-0.39, 0.29) is 11.3 Å². The van der Waals surface area contributed by atoms with Crippen molar-refractivity contribution in [3.63, 3.8) is 0 Å². The van der Waals surface area contributed by atoms with Crippen LogP contribution < -0.4 is 5.73 Å². The Morgan fingerprint density at radius 3 is 2.68 bits per heavy atom. The van der Waals surface area contributed by atoms with Gasteiger partial charge in [-0.3, -0.25) is 0 Å². The predicted octanol–water partition coefficient (Wildman–Crippen LogP) is 2.40. The third-order valence-electron chi connectivity index (χ3n) is 2.58. The van der Waals surface area contributed by atoms with Gasteiger partial charge in [-0.05, 0) is 23.8 Å². The molecule has 2 rings (SSSR count). The van der Waals surface area contributed by atoms with E-state index in [4.69, 9.17) is 5.73 Å². The number of halogens is 2. The van der Waals surface area contributed by atoms with Crippen molar-refractivity contribution in [1.82, 2.24) is 4.98 Å². The highest BCUT2D eigenvalue weighted by molar-refractivity contribution is 5.93. The van der Waals surface area contributed by atoms with Gasteiger partial charge >= 0.3 is 5.97 Å². The highest BCUT2D eigenvalue weighted by Crippen LogP contribution is 2.29. The van der Waals surface area contributed by atoms with Gasteiger partial charge in [0.15, 0.2) is 0 Å². The van der Waals surface area contributed by atoms with Gasteiger partial charge in [-0.15, -0.1) is 0 Å². The van der Waals surface area contributed by atoms with Gasteiger partial charge in [-0.25, -0.2) is 14.2 Å². The summed E-state index contributed by atoms with van der Waals surface area (Å²) < 4.78 is 31.1. The fourth-order valence-electron chi connectivity index (χ4n) is 1.68. The van der Waals surface area contributed by atoms with Gasteiger partial charge in [0.05, 0.1) is 12.7 Å². The van der Waals surface area contributed by atoms with Crippen molar-refractivity contribution in [2.75, 3.05) is 12.8 Å². The number of hydrogen-bond acceptors (Lipinski definition) is 4. The Labute approximate surface area is 107 Å². The Kier molecular flexibility index (Phi) is 3.41. The summed E-state index contributed by atoms with van der Waals surface area (Å²) in [6.07, 6.45) is 1.26. The number of methoxy groups -OCH3 is 1. The number of carbonyl (C=O) groups is 1. The Hall–Kier alpha value is -2.50. The lowest BCUT2D eigenvalue weighted by molar-refractivity contribution is 0.0595. The van der Waals surface area contributed by atoms with Gasteiger partial charge in [0, 0.05) is 23.5 Å². The minimum absolute atomic E-state index is 0.0933. The topological polar surface area (TPSA) is 65.2 Å². The SMILES string of the molecule is COC(=O)c1cc(-c2ccnc(F)c2)c(N)cc1F. The normalized spacial score (nSPS) is 10.3. The lowest BCUT2D eigenvalue weighted by Crippen LogP contribution is -2.06. The van der Waals surface area contributed by atoms with Crippen LogP contribution in [-0.2, 0) is 4.74 Å². The first-order chi connectivity index (χ1) is 9.02. The van der Waals surface area contributed by atoms with Crippen LogP contribution in [0.4, 0.5) is 14.5 Å². The van der Waals surface area contributed by atoms with Gasteiger partial charge in [-0.2, -0.15) is 4.39 Å². The van der Waals surface area contributed by atoms with Crippen LogP contribution in [0.5, 0.6) is 0 Å². The molecular formula is C13H10F2N2O2. The fraction of sp³-hybridized carbons (Fsp3) is 0.0769. The van der Waals surface area contributed by atoms with Crippen LogP contribution in [0.3, 0.4) is 0 Å². The smallest absolute Gasteiger partial charge is 0.340 e. The Morgan fingerprint density at radius 1 is 1.32 bits per heavy atom. The van der Waals surface area contributed by atoms with Crippen molar-refractivity contribution in [2.45, 2.75) is 0 Å². The molecular weight excluding hydrogens is 254 g/mol. The zero-order chi connectivity index (χ0) is 14.0. The summed E-state index contributed by atoms with van der Waals surface area (Å²) in [5.74, 6) is -2.31. The summed E-state index contributed by atoms with van der Waals surface area (Å²) >= 11 is 0. The molecule has 0 fully saturated rings. The maximum Gasteiger partial charge on any atom is 0.340 e. The lowest BCUT2D eigenvalue weighted by Gasteiger charge is -2.09. The van der Waals surface area contributed by atoms with Crippen LogP contribution >= 0.6 is 0 Å². The van der Waals surface area contributed by atoms with E-state index in [1.165, 1.54) is 18.3 Å². The van der Waals surface area contributed by atoms with Gasteiger partial charge in [0.25, 0.3) is 0 Å². The zero-order valence-corrected chi connectivity index (χ0v) is 9.98. The first-order valence-electron chi connectivity index (χ1n) is 5.32. The molecule has 0 unspecified atom stereocenters. The molecule has 1 aromatic heterocycles. The Morgan fingerprint density at radius 2 is 2.05 bits per heavy atom. The number of pyridine rings is 1. The summed E-state index contributed by atoms with van der Waals surface area (Å²) in [6, 6.07) is 4.88. The van der Waals surface area contributed by atoms with Crippen LogP contribution in [0.25, 0.3) is 11.1 Å². The molecule has 0 aliphatic rings. The number of carbonyl (C=O) groups excluding carboxylic acids is 1. The number of hydrogen-bond donors (Lipinski definition) is 1. The minimum Gasteiger partial charge on any atom is -0.465 e. The number of anilines is 1. The average molecular weight is 264 g/mol. The molecule has 0 spiro atoms. The van der Waals surface area contributed by atoms with Crippen LogP contribution in [0.15, 0.2) is 30.5 Å². The molecule has 0 aliphatic carbocycles. The molecule has 1 heterocycles. The standard InChI is InChI=1S/C13H10F2N2O2/c1-19-13(18)9-5-8(11(16)6-10(9)14)7-2-3-17-12(15)4-7/h2-6H,16H2,1H3. The zero-order valence-electron chi connectivity index (χ0n) is 9.98. The maximum absolute atomic E-state index is 13.6. The molecule has 0 saturated carbocycles. The van der Waals surface area contributed by atoms with Crippen LogP contribution in [0, 0.1) is 11.8 Å². The quantitative estimate of drug-likeness (QED) is 0.514. The highest BCUT2D eigenvalue weighted by Gasteiger charge is 2.16. The minimum atomic E-state index is -0.826. The number of nitrogens with zero attached hydrogens (tertiary/aromatic N) is 1. The fourth-order valence-corrected chi connectivity index (χ4v) is 1.68. The molecule has 0 aliphatic heterocycles. The highest BCUT2D eigenvalue weighted by atomic mass is 19.1. The van der Waals surface area contributed by atoms with Gasteiger partial charge in [-0.1, -0.05) is 0 Å². The molecule has 4 nitrogen and oxygen atoms in total. The molecule has 0 bridgehead atoms. The van der Waals surface area contributed by atoms with E-state index < -0.39 is 17.7 Å². The molecule has 98 valence electrons. The summed E-state index contributed by atoms with van der Waals surface area (Å²) in [7, 11) is 1.14. The first kappa shape index (κ1) is 12.9. The monoisotopic (exact) mass is 264 g/mol. The molecule has 0 atom stereocenters. The summed E-state index contributed by atoms with van der Waals surface area (Å²) in [5.41, 5.74) is 6.25. The van der Waals surface area contributed by atoms with Crippen molar-refractivity contribution < 1.29 is 18.3 Å². The van der Waals surface area contributed by atoms with Crippen molar-refractivity contribution in [1.29, 1.82) is 0 Å². The molecule has 19 heavy (non-hydrogen) atoms. The van der Waals surface area contributed by atoms with E-state index in [0.717, 1.165) is 19.2 Å². The van der Waals surface area contributed by atoms with Crippen molar-refractivity contribution in [3.8, 4) is 11.1 Å². The number of benzene rings is 1. The largest absolute Gasteiger partial charge is 0.465 e. The third-order valence-corrected chi connectivity index (χ3v) is 2.58. The van der Waals surface area contributed by atoms with Crippen LogP contribution in [0.1, 0.15) is 10.4 Å². The van der Waals surface area contributed by atoms with Crippen molar-refractivity contribution in [2.24, 2.45) is 0 Å². The molecule has 0 amide bonds. The number of rotatable bonds is 2. The molecule has 6 heteroatoms. The molecule has 2 aromatic rings. The Bertz CT molecular complexity index is 645. The molecule has 2 N–H and O–H groups in total. The molecule has 0 saturated heterocycles. The lowest BCUT2D eigenvalue weighted by atomic mass is 10.0. The maximum atomic E-state index is 13.6. The number of aromatic nitrogens is 1. The molecule has 0 radical (unpaired) electrons. The van der Waals surface area contributed by atoms with Gasteiger partial charge < -0.3 is 10.5 Å².